The highest BCUT2D eigenvalue weighted by Gasteiger charge is 2.41. The number of aliphatic hydroxyl groups is 1. The van der Waals surface area contributed by atoms with Gasteiger partial charge in [0.25, 0.3) is 0 Å². The van der Waals surface area contributed by atoms with Gasteiger partial charge in [0.2, 0.25) is 0 Å². The Morgan fingerprint density at radius 3 is 2.09 bits per heavy atom. The maximum atomic E-state index is 10.9. The Bertz CT molecular complexity index is 598. The number of rotatable bonds is 4. The molecule has 1 N–H and O–H groups in total. The Hall–Kier alpha value is -1.64. The molecule has 0 spiro atoms. The van der Waals surface area contributed by atoms with E-state index in [9.17, 15) is 5.11 Å². The minimum atomic E-state index is -0.249. The van der Waals surface area contributed by atoms with Gasteiger partial charge in [0.15, 0.2) is 0 Å². The lowest BCUT2D eigenvalue weighted by molar-refractivity contribution is -0.0439. The molecule has 1 saturated heterocycles. The largest absolute Gasteiger partial charge is 0.393 e. The van der Waals surface area contributed by atoms with Crippen LogP contribution in [-0.4, -0.2) is 23.2 Å². The summed E-state index contributed by atoms with van der Waals surface area (Å²) in [5, 5.41) is 10.9. The Balaban J connectivity index is 1.97. The first-order valence-corrected chi connectivity index (χ1v) is 8.72. The lowest BCUT2D eigenvalue weighted by Gasteiger charge is -2.47. The third-order valence-corrected chi connectivity index (χ3v) is 5.24. The van der Waals surface area contributed by atoms with Gasteiger partial charge in [-0.15, -0.1) is 0 Å². The first-order chi connectivity index (χ1) is 11.2. The van der Waals surface area contributed by atoms with E-state index >= 15 is 0 Å². The third kappa shape index (κ3) is 3.34. The smallest absolute Gasteiger partial charge is 0.0604 e. The van der Waals surface area contributed by atoms with Gasteiger partial charge in [-0.05, 0) is 31.0 Å². The average molecular weight is 309 g/mol. The van der Waals surface area contributed by atoms with Crippen LogP contribution in [0.25, 0.3) is 0 Å². The predicted molar refractivity (Wildman–Crippen MR) is 95.2 cm³/mol. The molecular formula is C21H27NO. The second kappa shape index (κ2) is 7.29. The second-order valence-corrected chi connectivity index (χ2v) is 6.70. The molecular weight excluding hydrogens is 282 g/mol. The molecule has 2 nitrogen and oxygen atoms in total. The van der Waals surface area contributed by atoms with Gasteiger partial charge in [-0.1, -0.05) is 74.0 Å². The van der Waals surface area contributed by atoms with Gasteiger partial charge in [-0.2, -0.15) is 0 Å². The van der Waals surface area contributed by atoms with E-state index in [4.69, 9.17) is 0 Å². The van der Waals surface area contributed by atoms with Crippen molar-refractivity contribution in [1.82, 2.24) is 4.90 Å². The molecule has 0 bridgehead atoms. The fraction of sp³-hybridized carbons (Fsp3) is 0.429. The van der Waals surface area contributed by atoms with Gasteiger partial charge in [0, 0.05) is 18.0 Å². The van der Waals surface area contributed by atoms with E-state index in [0.717, 1.165) is 19.3 Å². The summed E-state index contributed by atoms with van der Waals surface area (Å²) in [4.78, 5) is 2.47. The summed E-state index contributed by atoms with van der Waals surface area (Å²) in [6.07, 6.45) is 2.73. The number of nitrogens with zero attached hydrogens (tertiary/aromatic N) is 1. The summed E-state index contributed by atoms with van der Waals surface area (Å²) < 4.78 is 0. The Morgan fingerprint density at radius 1 is 0.957 bits per heavy atom. The number of piperidine rings is 1. The molecule has 0 radical (unpaired) electrons. The van der Waals surface area contributed by atoms with E-state index < -0.39 is 0 Å². The zero-order chi connectivity index (χ0) is 16.2. The van der Waals surface area contributed by atoms with Crippen molar-refractivity contribution >= 4 is 0 Å². The number of benzene rings is 2. The molecule has 0 aliphatic carbocycles. The monoisotopic (exact) mass is 309 g/mol. The zero-order valence-electron chi connectivity index (χ0n) is 14.1. The van der Waals surface area contributed by atoms with Crippen molar-refractivity contribution in [2.24, 2.45) is 5.92 Å². The lowest BCUT2D eigenvalue weighted by Crippen LogP contribution is -2.45. The highest BCUT2D eigenvalue weighted by atomic mass is 16.3. The molecule has 0 amide bonds. The number of likely N-dealkylation sites (tertiary alicyclic amines) is 1. The normalized spacial score (nSPS) is 28.7. The minimum Gasteiger partial charge on any atom is -0.393 e. The van der Waals surface area contributed by atoms with Crippen molar-refractivity contribution in [3.05, 3.63) is 71.8 Å². The molecule has 2 aromatic rings. The van der Waals surface area contributed by atoms with E-state index in [0.29, 0.717) is 5.92 Å². The molecule has 23 heavy (non-hydrogen) atoms. The molecule has 122 valence electrons. The molecule has 1 heterocycles. The van der Waals surface area contributed by atoms with Crippen molar-refractivity contribution in [2.45, 2.75) is 44.4 Å². The SMILES string of the molecule is CCC[C@@H]1[C@H](O)C[C@@H](c2ccccc2)N(C)[C@H]1c1ccccc1. The van der Waals surface area contributed by atoms with Crippen molar-refractivity contribution in [3.8, 4) is 0 Å². The van der Waals surface area contributed by atoms with E-state index in [2.05, 4.69) is 79.5 Å². The fourth-order valence-corrected chi connectivity index (χ4v) is 4.14. The predicted octanol–water partition coefficient (Wildman–Crippen LogP) is 4.58. The molecule has 1 fully saturated rings. The summed E-state index contributed by atoms with van der Waals surface area (Å²) >= 11 is 0. The van der Waals surface area contributed by atoms with E-state index in [1.165, 1.54) is 11.1 Å². The number of aliphatic hydroxyl groups excluding tert-OH is 1. The maximum absolute atomic E-state index is 10.9. The van der Waals surface area contributed by atoms with Crippen LogP contribution in [0.5, 0.6) is 0 Å². The Morgan fingerprint density at radius 2 is 1.52 bits per heavy atom. The molecule has 1 aliphatic heterocycles. The van der Waals surface area contributed by atoms with Crippen LogP contribution >= 0.6 is 0 Å². The fourth-order valence-electron chi connectivity index (χ4n) is 4.14. The molecule has 4 atom stereocenters. The van der Waals surface area contributed by atoms with Gasteiger partial charge >= 0.3 is 0 Å². The van der Waals surface area contributed by atoms with Gasteiger partial charge in [0.1, 0.15) is 0 Å². The highest BCUT2D eigenvalue weighted by molar-refractivity contribution is 5.25. The van der Waals surface area contributed by atoms with Crippen LogP contribution in [0.1, 0.15) is 49.4 Å². The minimum absolute atomic E-state index is 0.249. The van der Waals surface area contributed by atoms with Crippen molar-refractivity contribution < 1.29 is 5.11 Å². The molecule has 3 rings (SSSR count). The van der Waals surface area contributed by atoms with Gasteiger partial charge in [-0.3, -0.25) is 4.90 Å². The summed E-state index contributed by atoms with van der Waals surface area (Å²) in [7, 11) is 2.21. The lowest BCUT2D eigenvalue weighted by atomic mass is 9.76. The van der Waals surface area contributed by atoms with E-state index in [1.807, 2.05) is 0 Å². The molecule has 0 saturated carbocycles. The highest BCUT2D eigenvalue weighted by Crippen LogP contribution is 2.45. The van der Waals surface area contributed by atoms with E-state index in [1.54, 1.807) is 0 Å². The van der Waals surface area contributed by atoms with Crippen LogP contribution in [0, 0.1) is 5.92 Å². The molecule has 2 aromatic carbocycles. The number of hydrogen-bond donors (Lipinski definition) is 1. The van der Waals surface area contributed by atoms with Crippen molar-refractivity contribution in [1.29, 1.82) is 0 Å². The van der Waals surface area contributed by atoms with Crippen LogP contribution in [-0.2, 0) is 0 Å². The number of hydrogen-bond acceptors (Lipinski definition) is 2. The summed E-state index contributed by atoms with van der Waals surface area (Å²) in [5.41, 5.74) is 2.61. The third-order valence-electron chi connectivity index (χ3n) is 5.24. The maximum Gasteiger partial charge on any atom is 0.0604 e. The van der Waals surface area contributed by atoms with Crippen molar-refractivity contribution in [3.63, 3.8) is 0 Å². The molecule has 0 aromatic heterocycles. The standard InChI is InChI=1S/C21H27NO/c1-3-10-18-20(23)15-19(16-11-6-4-7-12-16)22(2)21(18)17-13-8-5-9-14-17/h4-9,11-14,18-21,23H,3,10,15H2,1-2H3/t18-,19+,20-,21+/m1/s1. The van der Waals surface area contributed by atoms with Crippen LogP contribution in [0.15, 0.2) is 60.7 Å². The van der Waals surface area contributed by atoms with Crippen LogP contribution < -0.4 is 0 Å². The van der Waals surface area contributed by atoms with E-state index in [-0.39, 0.29) is 18.2 Å². The van der Waals surface area contributed by atoms with Crippen LogP contribution in [0.2, 0.25) is 0 Å². The topological polar surface area (TPSA) is 23.5 Å². The van der Waals surface area contributed by atoms with Gasteiger partial charge in [-0.25, -0.2) is 0 Å². The zero-order valence-corrected chi connectivity index (χ0v) is 14.1. The van der Waals surface area contributed by atoms with Gasteiger partial charge < -0.3 is 5.11 Å². The Kier molecular flexibility index (Phi) is 5.14. The summed E-state index contributed by atoms with van der Waals surface area (Å²) in [6.45, 7) is 2.21. The molecule has 2 heteroatoms. The quantitative estimate of drug-likeness (QED) is 0.893. The average Bonchev–Trinajstić information content (AvgIpc) is 2.60. The van der Waals surface area contributed by atoms with Crippen LogP contribution in [0.3, 0.4) is 0 Å². The van der Waals surface area contributed by atoms with Crippen LogP contribution in [0.4, 0.5) is 0 Å². The van der Waals surface area contributed by atoms with Crippen molar-refractivity contribution in [2.75, 3.05) is 7.05 Å². The second-order valence-electron chi connectivity index (χ2n) is 6.70. The summed E-state index contributed by atoms with van der Waals surface area (Å²) in [5.74, 6) is 0.298. The van der Waals surface area contributed by atoms with Gasteiger partial charge in [0.05, 0.1) is 6.10 Å². The first kappa shape index (κ1) is 16.2. The Labute approximate surface area is 139 Å². The summed E-state index contributed by atoms with van der Waals surface area (Å²) in [6, 6.07) is 21.8. The molecule has 1 aliphatic rings. The molecule has 0 unspecified atom stereocenters. The first-order valence-electron chi connectivity index (χ1n) is 8.72.